The van der Waals surface area contributed by atoms with Gasteiger partial charge in [0.2, 0.25) is 10.0 Å². The number of nitrogens with zero attached hydrogens (tertiary/aromatic N) is 2. The average Bonchev–Trinajstić information content (AvgIpc) is 2.37. The van der Waals surface area contributed by atoms with Crippen LogP contribution in [-0.4, -0.2) is 56.0 Å². The topological polar surface area (TPSA) is 83.7 Å². The molecular weight excluding hydrogens is 278 g/mol. The minimum atomic E-state index is -3.19. The molecule has 0 aliphatic carbocycles. The first-order chi connectivity index (χ1) is 9.30. The minimum absolute atomic E-state index is 0.131. The molecule has 1 aromatic carbocycles. The molecule has 110 valence electrons. The quantitative estimate of drug-likeness (QED) is 0.796. The molecule has 0 unspecified atom stereocenters. The molecule has 1 aliphatic heterocycles. The molecule has 1 aliphatic rings. The van der Waals surface area contributed by atoms with E-state index in [2.05, 4.69) is 0 Å². The van der Waals surface area contributed by atoms with Gasteiger partial charge in [-0.15, -0.1) is 0 Å². The predicted octanol–water partition coefficient (Wildman–Crippen LogP) is 0.295. The first-order valence-corrected chi connectivity index (χ1v) is 8.25. The van der Waals surface area contributed by atoms with E-state index in [1.807, 2.05) is 19.1 Å². The summed E-state index contributed by atoms with van der Waals surface area (Å²) in [5.74, 6) is -0.131. The van der Waals surface area contributed by atoms with Crippen LogP contribution in [0.1, 0.15) is 15.9 Å². The fourth-order valence-electron chi connectivity index (χ4n) is 2.36. The van der Waals surface area contributed by atoms with Crippen molar-refractivity contribution < 1.29 is 13.2 Å². The van der Waals surface area contributed by atoms with Crippen molar-refractivity contribution in [2.24, 2.45) is 0 Å². The first-order valence-electron chi connectivity index (χ1n) is 6.40. The highest BCUT2D eigenvalue weighted by molar-refractivity contribution is 7.88. The maximum Gasteiger partial charge on any atom is 0.256 e. The lowest BCUT2D eigenvalue weighted by atomic mass is 10.1. The van der Waals surface area contributed by atoms with Gasteiger partial charge in [0.1, 0.15) is 0 Å². The van der Waals surface area contributed by atoms with Crippen LogP contribution < -0.4 is 5.73 Å². The SMILES string of the molecule is Cc1cccc(N)c1C(=O)N1CCN(S(C)(=O)=O)CC1. The minimum Gasteiger partial charge on any atom is -0.398 e. The van der Waals surface area contributed by atoms with E-state index in [1.165, 1.54) is 10.6 Å². The summed E-state index contributed by atoms with van der Waals surface area (Å²) in [4.78, 5) is 14.1. The van der Waals surface area contributed by atoms with E-state index in [0.717, 1.165) is 5.56 Å². The highest BCUT2D eigenvalue weighted by Gasteiger charge is 2.27. The number of carbonyl (C=O) groups is 1. The smallest absolute Gasteiger partial charge is 0.256 e. The van der Waals surface area contributed by atoms with Gasteiger partial charge in [-0.2, -0.15) is 4.31 Å². The molecule has 0 bridgehead atoms. The summed E-state index contributed by atoms with van der Waals surface area (Å²) in [5.41, 5.74) is 7.68. The molecule has 1 aromatic rings. The molecule has 2 N–H and O–H groups in total. The van der Waals surface area contributed by atoms with E-state index in [1.54, 1.807) is 11.0 Å². The molecular formula is C13H19N3O3S. The third-order valence-electron chi connectivity index (χ3n) is 3.51. The van der Waals surface area contributed by atoms with E-state index in [4.69, 9.17) is 5.73 Å². The second-order valence-electron chi connectivity index (χ2n) is 4.99. The summed E-state index contributed by atoms with van der Waals surface area (Å²) in [6, 6.07) is 5.35. The number of carbonyl (C=O) groups excluding carboxylic acids is 1. The summed E-state index contributed by atoms with van der Waals surface area (Å²) < 4.78 is 24.3. The fourth-order valence-corrected chi connectivity index (χ4v) is 3.19. The van der Waals surface area contributed by atoms with E-state index >= 15 is 0 Å². The number of piperazine rings is 1. The Morgan fingerprint density at radius 3 is 2.30 bits per heavy atom. The number of hydrogen-bond donors (Lipinski definition) is 1. The number of nitrogen functional groups attached to an aromatic ring is 1. The number of amides is 1. The Labute approximate surface area is 119 Å². The lowest BCUT2D eigenvalue weighted by Crippen LogP contribution is -2.50. The Hall–Kier alpha value is -1.60. The Morgan fingerprint density at radius 2 is 1.80 bits per heavy atom. The summed E-state index contributed by atoms with van der Waals surface area (Å²) in [6.45, 7) is 3.28. The second-order valence-corrected chi connectivity index (χ2v) is 6.98. The van der Waals surface area contributed by atoms with Gasteiger partial charge in [0.25, 0.3) is 5.91 Å². The number of aryl methyl sites for hydroxylation is 1. The van der Waals surface area contributed by atoms with Crippen molar-refractivity contribution in [3.05, 3.63) is 29.3 Å². The maximum absolute atomic E-state index is 12.5. The monoisotopic (exact) mass is 297 g/mol. The number of benzene rings is 1. The van der Waals surface area contributed by atoms with Crippen LogP contribution in [0.4, 0.5) is 5.69 Å². The van der Waals surface area contributed by atoms with Crippen molar-refractivity contribution >= 4 is 21.6 Å². The molecule has 2 rings (SSSR count). The zero-order valence-electron chi connectivity index (χ0n) is 11.7. The van der Waals surface area contributed by atoms with Crippen LogP contribution in [0.15, 0.2) is 18.2 Å². The number of anilines is 1. The number of hydrogen-bond acceptors (Lipinski definition) is 4. The zero-order valence-corrected chi connectivity index (χ0v) is 12.5. The lowest BCUT2D eigenvalue weighted by Gasteiger charge is -2.33. The van der Waals surface area contributed by atoms with Crippen LogP contribution in [-0.2, 0) is 10.0 Å². The fraction of sp³-hybridized carbons (Fsp3) is 0.462. The van der Waals surface area contributed by atoms with Gasteiger partial charge in [0.15, 0.2) is 0 Å². The van der Waals surface area contributed by atoms with Gasteiger partial charge in [-0.25, -0.2) is 8.42 Å². The predicted molar refractivity (Wildman–Crippen MR) is 77.9 cm³/mol. The Kier molecular flexibility index (Phi) is 4.01. The van der Waals surface area contributed by atoms with Crippen molar-refractivity contribution in [2.45, 2.75) is 6.92 Å². The summed E-state index contributed by atoms with van der Waals surface area (Å²) >= 11 is 0. The molecule has 0 spiro atoms. The van der Waals surface area contributed by atoms with Gasteiger partial charge in [-0.1, -0.05) is 12.1 Å². The molecule has 6 nitrogen and oxygen atoms in total. The van der Waals surface area contributed by atoms with Crippen LogP contribution in [0.2, 0.25) is 0 Å². The second kappa shape index (κ2) is 5.41. The van der Waals surface area contributed by atoms with E-state index in [-0.39, 0.29) is 5.91 Å². The van der Waals surface area contributed by atoms with Crippen molar-refractivity contribution in [2.75, 3.05) is 38.2 Å². The molecule has 20 heavy (non-hydrogen) atoms. The normalized spacial score (nSPS) is 17.2. The maximum atomic E-state index is 12.5. The summed E-state index contributed by atoms with van der Waals surface area (Å²) in [5, 5.41) is 0. The molecule has 1 heterocycles. The molecule has 0 atom stereocenters. The van der Waals surface area contributed by atoms with Gasteiger partial charge in [-0.3, -0.25) is 4.79 Å². The van der Waals surface area contributed by atoms with Crippen molar-refractivity contribution in [3.8, 4) is 0 Å². The standard InChI is InChI=1S/C13H19N3O3S/c1-10-4-3-5-11(14)12(10)13(17)15-6-8-16(9-7-15)20(2,18)19/h3-5H,6-9,14H2,1-2H3. The molecule has 7 heteroatoms. The van der Waals surface area contributed by atoms with E-state index < -0.39 is 10.0 Å². The van der Waals surface area contributed by atoms with Gasteiger partial charge in [0, 0.05) is 31.9 Å². The molecule has 0 saturated carbocycles. The van der Waals surface area contributed by atoms with Crippen LogP contribution >= 0.6 is 0 Å². The third kappa shape index (κ3) is 2.94. The largest absolute Gasteiger partial charge is 0.398 e. The van der Waals surface area contributed by atoms with Crippen LogP contribution in [0.25, 0.3) is 0 Å². The van der Waals surface area contributed by atoms with Crippen LogP contribution in [0, 0.1) is 6.92 Å². The number of nitrogens with two attached hydrogens (primary N) is 1. The number of rotatable bonds is 2. The summed E-state index contributed by atoms with van der Waals surface area (Å²) in [7, 11) is -3.19. The third-order valence-corrected chi connectivity index (χ3v) is 4.82. The van der Waals surface area contributed by atoms with E-state index in [9.17, 15) is 13.2 Å². The number of sulfonamides is 1. The molecule has 0 aromatic heterocycles. The Balaban J connectivity index is 2.13. The van der Waals surface area contributed by atoms with Gasteiger partial charge >= 0.3 is 0 Å². The summed E-state index contributed by atoms with van der Waals surface area (Å²) in [6.07, 6.45) is 1.18. The molecule has 0 radical (unpaired) electrons. The van der Waals surface area contributed by atoms with Gasteiger partial charge in [0.05, 0.1) is 11.8 Å². The highest BCUT2D eigenvalue weighted by Crippen LogP contribution is 2.19. The van der Waals surface area contributed by atoms with Crippen molar-refractivity contribution in [1.29, 1.82) is 0 Å². The van der Waals surface area contributed by atoms with Crippen LogP contribution in [0.5, 0.6) is 0 Å². The average molecular weight is 297 g/mol. The molecule has 1 fully saturated rings. The Morgan fingerprint density at radius 1 is 1.20 bits per heavy atom. The zero-order chi connectivity index (χ0) is 14.9. The lowest BCUT2D eigenvalue weighted by molar-refractivity contribution is 0.0698. The molecule has 1 amide bonds. The Bertz CT molecular complexity index is 599. The van der Waals surface area contributed by atoms with E-state index in [0.29, 0.717) is 37.4 Å². The van der Waals surface area contributed by atoms with Crippen molar-refractivity contribution in [1.82, 2.24) is 9.21 Å². The van der Waals surface area contributed by atoms with Gasteiger partial charge in [-0.05, 0) is 18.6 Å². The highest BCUT2D eigenvalue weighted by atomic mass is 32.2. The van der Waals surface area contributed by atoms with Crippen molar-refractivity contribution in [3.63, 3.8) is 0 Å². The van der Waals surface area contributed by atoms with Gasteiger partial charge < -0.3 is 10.6 Å². The van der Waals surface area contributed by atoms with Crippen LogP contribution in [0.3, 0.4) is 0 Å². The molecule has 1 saturated heterocycles. The first kappa shape index (κ1) is 14.8.